The molecule has 0 bridgehead atoms. The number of para-hydroxylation sites is 1. The maximum absolute atomic E-state index is 11.8. The second-order valence-corrected chi connectivity index (χ2v) is 15.7. The number of amides is 7. The van der Waals surface area contributed by atoms with E-state index in [1.165, 1.54) is 67.5 Å². The summed E-state index contributed by atoms with van der Waals surface area (Å²) in [5.74, 6) is -4.44. The van der Waals surface area contributed by atoms with Crippen LogP contribution in [0.2, 0.25) is 0 Å². The van der Waals surface area contributed by atoms with E-state index in [-0.39, 0.29) is 38.1 Å². The third-order valence-electron chi connectivity index (χ3n) is 9.77. The van der Waals surface area contributed by atoms with Gasteiger partial charge in [0.25, 0.3) is 0 Å². The van der Waals surface area contributed by atoms with Gasteiger partial charge in [-0.1, -0.05) is 112 Å². The Morgan fingerprint density at radius 3 is 2.00 bits per heavy atom. The summed E-state index contributed by atoms with van der Waals surface area (Å²) in [6, 6.07) is 16.5. The fourth-order valence-corrected chi connectivity index (χ4v) is 6.13. The van der Waals surface area contributed by atoms with Crippen molar-refractivity contribution in [2.75, 3.05) is 26.2 Å². The van der Waals surface area contributed by atoms with Crippen molar-refractivity contribution in [3.63, 3.8) is 0 Å². The number of aryl methyl sites for hydroxylation is 2. The van der Waals surface area contributed by atoms with E-state index in [9.17, 15) is 38.4 Å². The number of aromatic amines is 1. The molecular weight excluding hydrogens is 837 g/mol. The van der Waals surface area contributed by atoms with Crippen LogP contribution in [0.3, 0.4) is 0 Å². The number of primary amides is 2. The quantitative estimate of drug-likeness (QED) is 0.0747. The molecule has 2 aromatic carbocycles. The molecule has 0 aliphatic carbocycles. The minimum absolute atomic E-state index is 0.0336. The number of cyclic esters (lactones) is 1. The molecule has 0 spiro atoms. The summed E-state index contributed by atoms with van der Waals surface area (Å²) in [4.78, 5) is 95.3. The molecule has 18 heteroatoms. The summed E-state index contributed by atoms with van der Waals surface area (Å²) in [7, 11) is 0. The molecule has 360 valence electrons. The van der Waals surface area contributed by atoms with Gasteiger partial charge in [-0.15, -0.1) is 0 Å². The highest BCUT2D eigenvalue weighted by molar-refractivity contribution is 5.92. The van der Waals surface area contributed by atoms with E-state index in [0.29, 0.717) is 6.42 Å². The number of carbonyl (C=O) groups excluding carboxylic acids is 8. The van der Waals surface area contributed by atoms with Crippen molar-refractivity contribution in [3.05, 3.63) is 71.9 Å². The summed E-state index contributed by atoms with van der Waals surface area (Å²) in [5, 5.41) is 22.3. The molecule has 1 fully saturated rings. The molecule has 3 aromatic rings. The van der Waals surface area contributed by atoms with Gasteiger partial charge in [0.1, 0.15) is 24.7 Å². The van der Waals surface area contributed by atoms with E-state index >= 15 is 0 Å². The second kappa shape index (κ2) is 34.2. The van der Waals surface area contributed by atoms with Crippen LogP contribution in [0.25, 0.3) is 10.9 Å². The third-order valence-corrected chi connectivity index (χ3v) is 9.77. The number of fused-ring (bicyclic) bond motifs is 1. The van der Waals surface area contributed by atoms with Gasteiger partial charge < -0.3 is 52.9 Å². The molecular formula is C47H72N8O10. The van der Waals surface area contributed by atoms with E-state index < -0.39 is 79.3 Å². The van der Waals surface area contributed by atoms with Crippen LogP contribution >= 0.6 is 0 Å². The standard InChI is InChI=1S/C17H33N3O3.C14H22N4O7.C9H9N.C7H8/c1-2-3-4-5-6-7-8-9-10-11-16(22)20-14(17(19)23)12-13-15(18)21;1-8-4-11(21)15-3-2-10(20)16-5-12(22)18-9(7-19)14(24)17-6-13(23)25-8;1-7-6-10-9-5-3-2-4-8(7)9;1-7-5-3-2-4-6-7/h14H,2-13H2,1H3,(H2,18,21)(H2,19,23)(H,20,22);8-9,19H,2-7H2,1H3,(H,15,21)(H,16,20)(H,17,24)(H,18,22);2-6,10H,1H3;2-6H,1H3/t14-;8-,9?;;/m11../s1. The molecule has 1 saturated heterocycles. The van der Waals surface area contributed by atoms with Crippen molar-refractivity contribution in [2.45, 2.75) is 136 Å². The molecule has 1 unspecified atom stereocenters. The smallest absolute Gasteiger partial charge is 0.325 e. The maximum Gasteiger partial charge on any atom is 0.325 e. The second-order valence-electron chi connectivity index (χ2n) is 15.7. The van der Waals surface area contributed by atoms with Crippen LogP contribution in [0.15, 0.2) is 60.8 Å². The molecule has 18 nitrogen and oxygen atoms in total. The zero-order valence-corrected chi connectivity index (χ0v) is 38.5. The largest absolute Gasteiger partial charge is 0.461 e. The number of H-pyrrole nitrogens is 1. The van der Waals surface area contributed by atoms with E-state index in [1.807, 2.05) is 30.5 Å². The monoisotopic (exact) mass is 909 g/mol. The van der Waals surface area contributed by atoms with Crippen molar-refractivity contribution in [1.29, 1.82) is 0 Å². The van der Waals surface area contributed by atoms with Gasteiger partial charge in [0, 0.05) is 42.9 Å². The van der Waals surface area contributed by atoms with Gasteiger partial charge in [-0.3, -0.25) is 38.4 Å². The Morgan fingerprint density at radius 1 is 0.785 bits per heavy atom. The van der Waals surface area contributed by atoms with Crippen molar-refractivity contribution in [2.24, 2.45) is 11.5 Å². The van der Waals surface area contributed by atoms with E-state index in [1.54, 1.807) is 0 Å². The maximum atomic E-state index is 11.8. The SMILES string of the molecule is CCCCCCCCCCCC(=O)N[C@H](CCC(N)=O)C(N)=O.C[C@@H]1CC(=O)NCCC(=O)NCC(=O)NC(CO)C(=O)NCC(=O)O1.Cc1c[nH]c2ccccc12.Cc1ccccc1. The first-order valence-electron chi connectivity index (χ1n) is 22.4. The lowest BCUT2D eigenvalue weighted by molar-refractivity contribution is -0.149. The zero-order chi connectivity index (χ0) is 48.4. The van der Waals surface area contributed by atoms with Gasteiger partial charge in [0.15, 0.2) is 0 Å². The van der Waals surface area contributed by atoms with Crippen LogP contribution in [0.5, 0.6) is 0 Å². The van der Waals surface area contributed by atoms with Crippen molar-refractivity contribution < 1.29 is 48.2 Å². The molecule has 7 amide bonds. The Hall–Kier alpha value is -6.30. The van der Waals surface area contributed by atoms with Gasteiger partial charge in [-0.25, -0.2) is 0 Å². The van der Waals surface area contributed by atoms with Crippen molar-refractivity contribution in [1.82, 2.24) is 31.6 Å². The Kier molecular flexibility index (Phi) is 29.8. The molecule has 1 aliphatic rings. The highest BCUT2D eigenvalue weighted by Crippen LogP contribution is 2.15. The van der Waals surface area contributed by atoms with Gasteiger partial charge in [-0.2, -0.15) is 0 Å². The van der Waals surface area contributed by atoms with Crippen LogP contribution < -0.4 is 38.1 Å². The summed E-state index contributed by atoms with van der Waals surface area (Å²) < 4.78 is 4.96. The average Bonchev–Trinajstić information content (AvgIpc) is 3.65. The van der Waals surface area contributed by atoms with Crippen LogP contribution in [-0.4, -0.2) is 102 Å². The predicted octanol–water partition coefficient (Wildman–Crippen LogP) is 3.15. The Morgan fingerprint density at radius 2 is 1.42 bits per heavy atom. The lowest BCUT2D eigenvalue weighted by Crippen LogP contribution is -2.52. The number of aliphatic hydroxyl groups is 1. The molecule has 1 aliphatic heterocycles. The normalized spacial score (nSPS) is 16.4. The molecule has 2 heterocycles. The number of esters is 1. The minimum Gasteiger partial charge on any atom is -0.461 e. The van der Waals surface area contributed by atoms with E-state index in [4.69, 9.17) is 21.3 Å². The molecule has 3 atom stereocenters. The van der Waals surface area contributed by atoms with E-state index in [0.717, 1.165) is 19.3 Å². The zero-order valence-electron chi connectivity index (χ0n) is 38.5. The number of unbranched alkanes of at least 4 members (excludes halogenated alkanes) is 8. The molecule has 1 aromatic heterocycles. The first kappa shape index (κ1) is 56.7. The van der Waals surface area contributed by atoms with Gasteiger partial charge in [0.2, 0.25) is 41.4 Å². The number of ether oxygens (including phenoxy) is 1. The van der Waals surface area contributed by atoms with Crippen LogP contribution in [0.1, 0.15) is 115 Å². The highest BCUT2D eigenvalue weighted by Gasteiger charge is 2.22. The van der Waals surface area contributed by atoms with Crippen molar-refractivity contribution in [3.8, 4) is 0 Å². The van der Waals surface area contributed by atoms with Gasteiger partial charge >= 0.3 is 5.97 Å². The average molecular weight is 909 g/mol. The first-order valence-corrected chi connectivity index (χ1v) is 22.4. The third kappa shape index (κ3) is 28.2. The summed E-state index contributed by atoms with van der Waals surface area (Å²) in [6.45, 7) is 6.42. The fourth-order valence-electron chi connectivity index (χ4n) is 6.13. The molecule has 0 saturated carbocycles. The summed E-state index contributed by atoms with van der Waals surface area (Å²) >= 11 is 0. The van der Waals surface area contributed by atoms with Crippen molar-refractivity contribution >= 4 is 58.2 Å². The Bertz CT molecular complexity index is 1910. The first-order chi connectivity index (χ1) is 31.1. The molecule has 0 radical (unpaired) electrons. The number of benzene rings is 2. The van der Waals surface area contributed by atoms with Crippen LogP contribution in [-0.2, 0) is 43.1 Å². The number of hydrogen-bond donors (Lipinski definition) is 9. The summed E-state index contributed by atoms with van der Waals surface area (Å²) in [6.07, 6.45) is 12.4. The van der Waals surface area contributed by atoms with Gasteiger partial charge in [0.05, 0.1) is 19.6 Å². The number of hydrogen-bond acceptors (Lipinski definition) is 10. The number of rotatable bonds is 16. The number of aromatic nitrogens is 1. The number of nitrogens with one attached hydrogen (secondary N) is 6. The Balaban J connectivity index is 0.000000478. The molecule has 11 N–H and O–H groups in total. The topological polar surface area (TPSA) is 294 Å². The number of aliphatic hydroxyl groups excluding tert-OH is 1. The molecule has 65 heavy (non-hydrogen) atoms. The Labute approximate surface area is 382 Å². The minimum atomic E-state index is -1.27. The van der Waals surface area contributed by atoms with E-state index in [2.05, 4.69) is 82.7 Å². The lowest BCUT2D eigenvalue weighted by atomic mass is 10.1. The predicted molar refractivity (Wildman–Crippen MR) is 248 cm³/mol. The summed E-state index contributed by atoms with van der Waals surface area (Å²) in [5.41, 5.74) is 14.1. The van der Waals surface area contributed by atoms with Crippen LogP contribution in [0, 0.1) is 13.8 Å². The number of nitrogens with two attached hydrogens (primary N) is 2. The fraction of sp³-hybridized carbons (Fsp3) is 0.532. The highest BCUT2D eigenvalue weighted by atomic mass is 16.5. The van der Waals surface area contributed by atoms with Crippen LogP contribution in [0.4, 0.5) is 0 Å². The lowest BCUT2D eigenvalue weighted by Gasteiger charge is -2.17. The number of carbonyl (C=O) groups is 8. The van der Waals surface area contributed by atoms with Gasteiger partial charge in [-0.05, 0) is 45.2 Å². The molecule has 4 rings (SSSR count).